The summed E-state index contributed by atoms with van der Waals surface area (Å²) in [7, 11) is 0. The Hall–Kier alpha value is -2.55. The monoisotopic (exact) mass is 288 g/mol. The van der Waals surface area contributed by atoms with Crippen molar-refractivity contribution in [1.82, 2.24) is 4.90 Å². The minimum atomic E-state index is -0.995. The molecule has 0 aliphatic carbocycles. The topological polar surface area (TPSA) is 90.6 Å². The van der Waals surface area contributed by atoms with E-state index in [1.807, 2.05) is 6.07 Å². The SMILES string of the molecule is CC(Oc1ccccc1C#N)C(=O)N1CCCC1C(=O)O. The van der Waals surface area contributed by atoms with Gasteiger partial charge >= 0.3 is 5.97 Å². The van der Waals surface area contributed by atoms with Gasteiger partial charge in [-0.25, -0.2) is 4.79 Å². The number of carbonyl (C=O) groups excluding carboxylic acids is 1. The van der Waals surface area contributed by atoms with Gasteiger partial charge in [-0.3, -0.25) is 4.79 Å². The zero-order valence-corrected chi connectivity index (χ0v) is 11.7. The van der Waals surface area contributed by atoms with E-state index >= 15 is 0 Å². The minimum absolute atomic E-state index is 0.326. The van der Waals surface area contributed by atoms with E-state index in [9.17, 15) is 9.59 Å². The number of carboxylic acids is 1. The van der Waals surface area contributed by atoms with Gasteiger partial charge in [0, 0.05) is 6.54 Å². The van der Waals surface area contributed by atoms with E-state index in [-0.39, 0.29) is 5.91 Å². The molecular weight excluding hydrogens is 272 g/mol. The van der Waals surface area contributed by atoms with Crippen LogP contribution < -0.4 is 4.74 Å². The van der Waals surface area contributed by atoms with Crippen molar-refractivity contribution in [3.05, 3.63) is 29.8 Å². The van der Waals surface area contributed by atoms with Crippen LogP contribution in [0.25, 0.3) is 0 Å². The summed E-state index contributed by atoms with van der Waals surface area (Å²) >= 11 is 0. The third-order valence-electron chi connectivity index (χ3n) is 3.48. The van der Waals surface area contributed by atoms with Gasteiger partial charge in [-0.15, -0.1) is 0 Å². The maximum atomic E-state index is 12.3. The maximum Gasteiger partial charge on any atom is 0.326 e. The Morgan fingerprint density at radius 2 is 2.19 bits per heavy atom. The second kappa shape index (κ2) is 6.27. The highest BCUT2D eigenvalue weighted by atomic mass is 16.5. The van der Waals surface area contributed by atoms with Crippen molar-refractivity contribution in [3.8, 4) is 11.8 Å². The molecule has 1 fully saturated rings. The molecule has 1 aliphatic heterocycles. The van der Waals surface area contributed by atoms with Crippen LogP contribution in [0.3, 0.4) is 0 Å². The van der Waals surface area contributed by atoms with Crippen molar-refractivity contribution in [3.63, 3.8) is 0 Å². The molecule has 110 valence electrons. The Morgan fingerprint density at radius 3 is 2.86 bits per heavy atom. The molecule has 0 bridgehead atoms. The number of ether oxygens (including phenoxy) is 1. The molecule has 0 spiro atoms. The number of nitrogens with zero attached hydrogens (tertiary/aromatic N) is 2. The Labute approximate surface area is 122 Å². The Morgan fingerprint density at radius 1 is 1.48 bits per heavy atom. The third-order valence-corrected chi connectivity index (χ3v) is 3.48. The zero-order chi connectivity index (χ0) is 15.4. The first-order valence-electron chi connectivity index (χ1n) is 6.73. The lowest BCUT2D eigenvalue weighted by Crippen LogP contribution is -2.46. The van der Waals surface area contributed by atoms with Crippen LogP contribution in [0.1, 0.15) is 25.3 Å². The van der Waals surface area contributed by atoms with Gasteiger partial charge in [-0.1, -0.05) is 12.1 Å². The largest absolute Gasteiger partial charge is 0.480 e. The number of carboxylic acid groups (broad SMARTS) is 1. The van der Waals surface area contributed by atoms with Crippen molar-refractivity contribution in [2.75, 3.05) is 6.54 Å². The quantitative estimate of drug-likeness (QED) is 0.904. The molecule has 2 atom stereocenters. The second-order valence-corrected chi connectivity index (χ2v) is 4.90. The van der Waals surface area contributed by atoms with Crippen LogP contribution in [0.2, 0.25) is 0 Å². The molecule has 0 saturated carbocycles. The van der Waals surface area contributed by atoms with E-state index in [2.05, 4.69) is 0 Å². The molecule has 1 heterocycles. The summed E-state index contributed by atoms with van der Waals surface area (Å²) < 4.78 is 5.53. The Kier molecular flexibility index (Phi) is 4.43. The van der Waals surface area contributed by atoms with Crippen LogP contribution in [-0.4, -0.2) is 40.6 Å². The van der Waals surface area contributed by atoms with E-state index in [0.29, 0.717) is 30.7 Å². The molecule has 1 saturated heterocycles. The summed E-state index contributed by atoms with van der Waals surface area (Å²) in [6.07, 6.45) is 0.298. The van der Waals surface area contributed by atoms with Crippen molar-refractivity contribution in [2.24, 2.45) is 0 Å². The normalized spacial score (nSPS) is 18.9. The summed E-state index contributed by atoms with van der Waals surface area (Å²) in [4.78, 5) is 24.8. The molecule has 1 aromatic carbocycles. The highest BCUT2D eigenvalue weighted by Gasteiger charge is 2.36. The van der Waals surface area contributed by atoms with E-state index < -0.39 is 18.1 Å². The molecule has 1 aliphatic rings. The van der Waals surface area contributed by atoms with Crippen LogP contribution in [0.5, 0.6) is 5.75 Å². The number of amides is 1. The van der Waals surface area contributed by atoms with E-state index in [4.69, 9.17) is 15.1 Å². The standard InChI is InChI=1S/C15H16N2O4/c1-10(21-13-7-3-2-5-11(13)9-16)14(18)17-8-4-6-12(17)15(19)20/h2-3,5,7,10,12H,4,6,8H2,1H3,(H,19,20). The predicted molar refractivity (Wildman–Crippen MR) is 73.6 cm³/mol. The first kappa shape index (κ1) is 14.9. The van der Waals surface area contributed by atoms with E-state index in [1.54, 1.807) is 31.2 Å². The lowest BCUT2D eigenvalue weighted by atomic mass is 10.2. The fourth-order valence-corrected chi connectivity index (χ4v) is 2.42. The van der Waals surface area contributed by atoms with E-state index in [1.165, 1.54) is 4.90 Å². The number of hydrogen-bond acceptors (Lipinski definition) is 4. The van der Waals surface area contributed by atoms with Gasteiger partial charge in [-0.05, 0) is 31.9 Å². The number of carbonyl (C=O) groups is 2. The molecule has 2 unspecified atom stereocenters. The summed E-state index contributed by atoms with van der Waals surface area (Å²) in [6.45, 7) is 1.98. The lowest BCUT2D eigenvalue weighted by Gasteiger charge is -2.25. The molecule has 21 heavy (non-hydrogen) atoms. The minimum Gasteiger partial charge on any atom is -0.480 e. The van der Waals surface area contributed by atoms with Crippen LogP contribution in [0.15, 0.2) is 24.3 Å². The number of aliphatic carboxylic acids is 1. The van der Waals surface area contributed by atoms with Crippen LogP contribution in [0, 0.1) is 11.3 Å². The maximum absolute atomic E-state index is 12.3. The fourth-order valence-electron chi connectivity index (χ4n) is 2.42. The number of para-hydroxylation sites is 1. The molecule has 0 radical (unpaired) electrons. The van der Waals surface area contributed by atoms with Crippen LogP contribution >= 0.6 is 0 Å². The van der Waals surface area contributed by atoms with Crippen molar-refractivity contribution >= 4 is 11.9 Å². The van der Waals surface area contributed by atoms with Gasteiger partial charge in [0.1, 0.15) is 17.9 Å². The summed E-state index contributed by atoms with van der Waals surface area (Å²) in [5.41, 5.74) is 0.341. The third kappa shape index (κ3) is 3.14. The predicted octanol–water partition coefficient (Wildman–Crippen LogP) is 1.40. The van der Waals surface area contributed by atoms with Gasteiger partial charge in [0.2, 0.25) is 0 Å². The number of benzene rings is 1. The first-order valence-corrected chi connectivity index (χ1v) is 6.73. The first-order chi connectivity index (χ1) is 10.0. The molecule has 2 rings (SSSR count). The fraction of sp³-hybridized carbons (Fsp3) is 0.400. The smallest absolute Gasteiger partial charge is 0.326 e. The number of likely N-dealkylation sites (tertiary alicyclic amines) is 1. The summed E-state index contributed by atoms with van der Waals surface area (Å²) in [5.74, 6) is -1.04. The number of hydrogen-bond donors (Lipinski definition) is 1. The van der Waals surface area contributed by atoms with Crippen molar-refractivity contribution in [2.45, 2.75) is 31.9 Å². The van der Waals surface area contributed by atoms with Crippen LogP contribution in [-0.2, 0) is 9.59 Å². The van der Waals surface area contributed by atoms with E-state index in [0.717, 1.165) is 0 Å². The summed E-state index contributed by atoms with van der Waals surface area (Å²) in [6, 6.07) is 7.84. The van der Waals surface area contributed by atoms with Crippen LogP contribution in [0.4, 0.5) is 0 Å². The van der Waals surface area contributed by atoms with Crippen molar-refractivity contribution < 1.29 is 19.4 Å². The van der Waals surface area contributed by atoms with Crippen molar-refractivity contribution in [1.29, 1.82) is 5.26 Å². The zero-order valence-electron chi connectivity index (χ0n) is 11.7. The lowest BCUT2D eigenvalue weighted by molar-refractivity contribution is -0.150. The molecule has 1 amide bonds. The van der Waals surface area contributed by atoms with Gasteiger partial charge in [-0.2, -0.15) is 5.26 Å². The average Bonchev–Trinajstić information content (AvgIpc) is 2.96. The molecule has 0 aromatic heterocycles. The molecule has 1 N–H and O–H groups in total. The molecular formula is C15H16N2O4. The Bertz CT molecular complexity index is 594. The Balaban J connectivity index is 2.10. The number of rotatable bonds is 4. The van der Waals surface area contributed by atoms with Gasteiger partial charge in [0.05, 0.1) is 5.56 Å². The van der Waals surface area contributed by atoms with Gasteiger partial charge in [0.25, 0.3) is 5.91 Å². The molecule has 6 heteroatoms. The summed E-state index contributed by atoms with van der Waals surface area (Å²) in [5, 5.41) is 18.1. The highest BCUT2D eigenvalue weighted by molar-refractivity contribution is 5.87. The second-order valence-electron chi connectivity index (χ2n) is 4.90. The average molecular weight is 288 g/mol. The molecule has 6 nitrogen and oxygen atoms in total. The number of nitriles is 1. The molecule has 1 aromatic rings. The highest BCUT2D eigenvalue weighted by Crippen LogP contribution is 2.22. The van der Waals surface area contributed by atoms with Gasteiger partial charge < -0.3 is 14.7 Å². The van der Waals surface area contributed by atoms with Gasteiger partial charge in [0.15, 0.2) is 6.10 Å².